The topological polar surface area (TPSA) is 78.9 Å². The number of unbranched alkanes of at least 4 members (excludes halogenated alkanes) is 47. The van der Waals surface area contributed by atoms with Gasteiger partial charge in [-0.2, -0.15) is 0 Å². The standard InChI is InChI=1S/C77H140O6/c1-4-7-10-13-16-19-22-25-28-31-33-34-35-36-37-38-39-40-41-42-44-46-49-52-55-58-61-64-67-70-76(79)82-73-74(72-81-75(78)69-66-63-60-57-54-51-48-45-30-27-24-21-18-15-12-9-6-3)83-77(80)71-68-65-62-59-56-53-50-47-43-32-29-26-23-20-17-14-11-8-5-2/h17,20,22,25-26,29,31,33,35-36,74H,4-16,18-19,21,23-24,27-28,30,32,34,37-73H2,1-3H3/b20-17-,25-22-,29-26-,33-31-,36-35-. The molecule has 0 N–H and O–H groups in total. The van der Waals surface area contributed by atoms with Crippen LogP contribution in [-0.4, -0.2) is 37.2 Å². The van der Waals surface area contributed by atoms with Crippen LogP contribution in [0, 0.1) is 0 Å². The summed E-state index contributed by atoms with van der Waals surface area (Å²) >= 11 is 0. The summed E-state index contributed by atoms with van der Waals surface area (Å²) in [5, 5.41) is 0. The van der Waals surface area contributed by atoms with Gasteiger partial charge in [0.25, 0.3) is 0 Å². The summed E-state index contributed by atoms with van der Waals surface area (Å²) in [5.41, 5.74) is 0. The number of esters is 3. The Morgan fingerprint density at radius 2 is 0.434 bits per heavy atom. The Balaban J connectivity index is 4.27. The lowest BCUT2D eigenvalue weighted by Gasteiger charge is -2.18. The van der Waals surface area contributed by atoms with E-state index < -0.39 is 6.10 Å². The zero-order chi connectivity index (χ0) is 59.9. The van der Waals surface area contributed by atoms with Gasteiger partial charge in [0, 0.05) is 19.3 Å². The zero-order valence-electron chi connectivity index (χ0n) is 55.7. The second-order valence-electron chi connectivity index (χ2n) is 24.9. The highest BCUT2D eigenvalue weighted by Gasteiger charge is 2.19. The van der Waals surface area contributed by atoms with Gasteiger partial charge in [0.2, 0.25) is 0 Å². The van der Waals surface area contributed by atoms with Crippen LogP contribution in [0.15, 0.2) is 60.8 Å². The van der Waals surface area contributed by atoms with Crippen molar-refractivity contribution in [3.63, 3.8) is 0 Å². The molecule has 484 valence electrons. The fourth-order valence-electron chi connectivity index (χ4n) is 11.0. The van der Waals surface area contributed by atoms with E-state index in [1.165, 1.54) is 276 Å². The summed E-state index contributed by atoms with van der Waals surface area (Å²) in [7, 11) is 0. The van der Waals surface area contributed by atoms with Gasteiger partial charge in [-0.3, -0.25) is 14.4 Å². The van der Waals surface area contributed by atoms with Gasteiger partial charge in [-0.25, -0.2) is 0 Å². The number of ether oxygens (including phenoxy) is 3. The molecule has 1 unspecified atom stereocenters. The Hall–Kier alpha value is -2.89. The SMILES string of the molecule is CCCCC/C=C\C/C=C\CCCCCCCCCCCC(=O)OC(COC(=O)CCCCCCCCCCCCCCCC/C=C\C/C=C\C/C=C\CCCCCCC)COC(=O)CCCCCCCCCCCCCCCCCCC. The van der Waals surface area contributed by atoms with Crippen molar-refractivity contribution in [2.45, 2.75) is 399 Å². The third-order valence-corrected chi connectivity index (χ3v) is 16.5. The van der Waals surface area contributed by atoms with Crippen molar-refractivity contribution in [1.82, 2.24) is 0 Å². The molecule has 0 rings (SSSR count). The lowest BCUT2D eigenvalue weighted by molar-refractivity contribution is -0.167. The summed E-state index contributed by atoms with van der Waals surface area (Å²) in [6.07, 6.45) is 92.5. The van der Waals surface area contributed by atoms with Crippen molar-refractivity contribution >= 4 is 17.9 Å². The van der Waals surface area contributed by atoms with Gasteiger partial charge in [0.05, 0.1) is 0 Å². The zero-order valence-corrected chi connectivity index (χ0v) is 55.7. The first-order chi connectivity index (χ1) is 41.0. The van der Waals surface area contributed by atoms with Crippen LogP contribution >= 0.6 is 0 Å². The van der Waals surface area contributed by atoms with E-state index in [9.17, 15) is 14.4 Å². The maximum absolute atomic E-state index is 13.0. The normalized spacial score (nSPS) is 12.4. The number of rotatable bonds is 68. The minimum Gasteiger partial charge on any atom is -0.462 e. The predicted molar refractivity (Wildman–Crippen MR) is 362 cm³/mol. The minimum atomic E-state index is -0.776. The van der Waals surface area contributed by atoms with E-state index in [1.807, 2.05) is 0 Å². The Kier molecular flexibility index (Phi) is 69.1. The van der Waals surface area contributed by atoms with Crippen LogP contribution in [0.4, 0.5) is 0 Å². The fourth-order valence-corrected chi connectivity index (χ4v) is 11.0. The van der Waals surface area contributed by atoms with Crippen molar-refractivity contribution in [1.29, 1.82) is 0 Å². The second kappa shape index (κ2) is 71.6. The summed E-state index contributed by atoms with van der Waals surface area (Å²) in [6, 6.07) is 0. The van der Waals surface area contributed by atoms with Crippen molar-refractivity contribution in [3.05, 3.63) is 60.8 Å². The molecule has 0 spiro atoms. The molecular weight excluding hydrogens is 1020 g/mol. The number of hydrogen-bond donors (Lipinski definition) is 0. The van der Waals surface area contributed by atoms with Gasteiger partial charge in [-0.05, 0) is 89.9 Å². The smallest absolute Gasteiger partial charge is 0.306 e. The molecule has 1 atom stereocenters. The van der Waals surface area contributed by atoms with E-state index in [-0.39, 0.29) is 31.1 Å². The molecule has 0 saturated carbocycles. The molecule has 83 heavy (non-hydrogen) atoms. The Bertz CT molecular complexity index is 1470. The van der Waals surface area contributed by atoms with E-state index in [0.29, 0.717) is 19.3 Å². The molecule has 0 radical (unpaired) electrons. The van der Waals surface area contributed by atoms with Crippen molar-refractivity contribution in [2.75, 3.05) is 13.2 Å². The number of hydrogen-bond acceptors (Lipinski definition) is 6. The number of allylic oxidation sites excluding steroid dienone is 10. The average Bonchev–Trinajstić information content (AvgIpc) is 3.50. The monoisotopic (exact) mass is 1160 g/mol. The van der Waals surface area contributed by atoms with Gasteiger partial charge < -0.3 is 14.2 Å². The van der Waals surface area contributed by atoms with Gasteiger partial charge in [-0.1, -0.05) is 345 Å². The van der Waals surface area contributed by atoms with E-state index in [0.717, 1.165) is 77.0 Å². The number of carbonyl (C=O) groups is 3. The molecule has 0 aromatic rings. The molecule has 0 bridgehead atoms. The predicted octanol–water partition coefficient (Wildman–Crippen LogP) is 25.5. The summed E-state index contributed by atoms with van der Waals surface area (Å²) in [6.45, 7) is 6.67. The highest BCUT2D eigenvalue weighted by Crippen LogP contribution is 2.18. The van der Waals surface area contributed by atoms with Gasteiger partial charge in [-0.15, -0.1) is 0 Å². The molecule has 0 amide bonds. The molecular formula is C77H140O6. The molecule has 0 aromatic heterocycles. The summed E-state index contributed by atoms with van der Waals surface area (Å²) in [5.74, 6) is -0.848. The van der Waals surface area contributed by atoms with Gasteiger partial charge in [0.1, 0.15) is 13.2 Å². The average molecular weight is 1160 g/mol. The fraction of sp³-hybridized carbons (Fsp3) is 0.831. The van der Waals surface area contributed by atoms with Crippen molar-refractivity contribution in [3.8, 4) is 0 Å². The first kappa shape index (κ1) is 80.1. The van der Waals surface area contributed by atoms with Crippen molar-refractivity contribution < 1.29 is 28.6 Å². The number of carbonyl (C=O) groups excluding carboxylic acids is 3. The molecule has 6 heteroatoms. The van der Waals surface area contributed by atoms with Crippen LogP contribution in [0.1, 0.15) is 393 Å². The maximum atomic E-state index is 13.0. The largest absolute Gasteiger partial charge is 0.462 e. The summed E-state index contributed by atoms with van der Waals surface area (Å²) < 4.78 is 17.0. The lowest BCUT2D eigenvalue weighted by atomic mass is 10.0. The molecule has 0 aliphatic rings. The van der Waals surface area contributed by atoms with E-state index >= 15 is 0 Å². The van der Waals surface area contributed by atoms with E-state index in [2.05, 4.69) is 81.5 Å². The molecule has 0 aliphatic carbocycles. The Labute approximate surface area is 517 Å². The molecule has 0 heterocycles. The van der Waals surface area contributed by atoms with E-state index in [1.54, 1.807) is 0 Å². The van der Waals surface area contributed by atoms with Crippen LogP contribution in [-0.2, 0) is 28.6 Å². The minimum absolute atomic E-state index is 0.0710. The first-order valence-corrected chi connectivity index (χ1v) is 36.8. The Morgan fingerprint density at radius 3 is 0.699 bits per heavy atom. The van der Waals surface area contributed by atoms with Gasteiger partial charge in [0.15, 0.2) is 6.10 Å². The molecule has 0 fully saturated rings. The Morgan fingerprint density at radius 1 is 0.241 bits per heavy atom. The van der Waals surface area contributed by atoms with Crippen LogP contribution in [0.5, 0.6) is 0 Å². The van der Waals surface area contributed by atoms with E-state index in [4.69, 9.17) is 14.2 Å². The first-order valence-electron chi connectivity index (χ1n) is 36.8. The summed E-state index contributed by atoms with van der Waals surface area (Å²) in [4.78, 5) is 38.5. The molecule has 0 saturated heterocycles. The third-order valence-electron chi connectivity index (χ3n) is 16.5. The van der Waals surface area contributed by atoms with Gasteiger partial charge >= 0.3 is 17.9 Å². The molecule has 0 aromatic carbocycles. The quantitative estimate of drug-likeness (QED) is 0.0261. The van der Waals surface area contributed by atoms with Crippen LogP contribution in [0.3, 0.4) is 0 Å². The lowest BCUT2D eigenvalue weighted by Crippen LogP contribution is -2.30. The third kappa shape index (κ3) is 69.8. The van der Waals surface area contributed by atoms with Crippen LogP contribution < -0.4 is 0 Å². The maximum Gasteiger partial charge on any atom is 0.306 e. The highest BCUT2D eigenvalue weighted by molar-refractivity contribution is 5.71. The van der Waals surface area contributed by atoms with Crippen molar-refractivity contribution in [2.24, 2.45) is 0 Å². The highest BCUT2D eigenvalue weighted by atomic mass is 16.6. The second-order valence-corrected chi connectivity index (χ2v) is 24.9. The molecule has 0 aliphatic heterocycles. The molecule has 6 nitrogen and oxygen atoms in total. The van der Waals surface area contributed by atoms with Crippen LogP contribution in [0.25, 0.3) is 0 Å². The van der Waals surface area contributed by atoms with Crippen LogP contribution in [0.2, 0.25) is 0 Å².